The van der Waals surface area contributed by atoms with Crippen molar-refractivity contribution in [2.75, 3.05) is 0 Å². The van der Waals surface area contributed by atoms with E-state index in [1.54, 1.807) is 12.1 Å². The zero-order valence-corrected chi connectivity index (χ0v) is 11.1. The van der Waals surface area contributed by atoms with Crippen LogP contribution in [0.3, 0.4) is 0 Å². The van der Waals surface area contributed by atoms with Gasteiger partial charge in [-0.15, -0.1) is 0 Å². The minimum Gasteiger partial charge on any atom is -0.369 e. The quantitative estimate of drug-likeness (QED) is 0.837. The second kappa shape index (κ2) is 3.80. The largest absolute Gasteiger partial charge is 0.369 e. The Balaban J connectivity index is 2.30. The van der Waals surface area contributed by atoms with Crippen LogP contribution in [0.15, 0.2) is 29.2 Å². The molecule has 1 saturated carbocycles. The number of primary sulfonamides is 1. The first-order valence-corrected chi connectivity index (χ1v) is 7.12. The van der Waals surface area contributed by atoms with Gasteiger partial charge in [-0.3, -0.25) is 4.79 Å². The lowest BCUT2D eigenvalue weighted by molar-refractivity contribution is -0.119. The molecule has 6 heteroatoms. The van der Waals surface area contributed by atoms with Crippen molar-refractivity contribution in [3.8, 4) is 0 Å². The zero-order chi connectivity index (χ0) is 13.7. The number of amides is 1. The zero-order valence-electron chi connectivity index (χ0n) is 10.3. The van der Waals surface area contributed by atoms with Crippen LogP contribution in [0.4, 0.5) is 0 Å². The normalized spacial score (nSPS) is 25.7. The highest BCUT2D eigenvalue weighted by Crippen LogP contribution is 2.64. The summed E-state index contributed by atoms with van der Waals surface area (Å²) in [5, 5.41) is 5.03. The van der Waals surface area contributed by atoms with Gasteiger partial charge in [0.25, 0.3) is 0 Å². The molecule has 2 rings (SSSR count). The van der Waals surface area contributed by atoms with Crippen molar-refractivity contribution in [1.29, 1.82) is 0 Å². The Morgan fingerprint density at radius 3 is 2.06 bits per heavy atom. The minimum absolute atomic E-state index is 0.0459. The number of carbonyl (C=O) groups is 1. The van der Waals surface area contributed by atoms with Gasteiger partial charge in [-0.2, -0.15) is 0 Å². The number of benzene rings is 1. The van der Waals surface area contributed by atoms with Gasteiger partial charge in [-0.1, -0.05) is 26.0 Å². The van der Waals surface area contributed by atoms with Crippen molar-refractivity contribution < 1.29 is 13.2 Å². The Labute approximate surface area is 106 Å². The summed E-state index contributed by atoms with van der Waals surface area (Å²) in [4.78, 5) is 11.4. The van der Waals surface area contributed by atoms with Crippen molar-refractivity contribution in [3.63, 3.8) is 0 Å². The van der Waals surface area contributed by atoms with Gasteiger partial charge in [0.1, 0.15) is 0 Å². The van der Waals surface area contributed by atoms with Crippen molar-refractivity contribution in [3.05, 3.63) is 29.8 Å². The molecule has 0 spiro atoms. The third-order valence-corrected chi connectivity index (χ3v) is 4.63. The standard InChI is InChI=1S/C12H16N2O3S/c1-12(2)9(10(12)11(13)15)7-3-5-8(6-4-7)18(14,16)17/h3-6,9-10H,1-2H3,(H2,13,15)(H2,14,16,17). The molecule has 0 aromatic heterocycles. The molecule has 0 bridgehead atoms. The molecule has 1 aliphatic rings. The molecule has 0 heterocycles. The maximum Gasteiger partial charge on any atom is 0.238 e. The van der Waals surface area contributed by atoms with Crippen LogP contribution in [0.2, 0.25) is 0 Å². The van der Waals surface area contributed by atoms with Crippen LogP contribution >= 0.6 is 0 Å². The third kappa shape index (κ3) is 2.02. The first-order chi connectivity index (χ1) is 8.15. The highest BCUT2D eigenvalue weighted by atomic mass is 32.2. The van der Waals surface area contributed by atoms with Crippen LogP contribution in [0.25, 0.3) is 0 Å². The number of carbonyl (C=O) groups excluding carboxylic acids is 1. The Morgan fingerprint density at radius 1 is 1.22 bits per heavy atom. The van der Waals surface area contributed by atoms with Gasteiger partial charge in [-0.05, 0) is 23.1 Å². The smallest absolute Gasteiger partial charge is 0.238 e. The van der Waals surface area contributed by atoms with Crippen LogP contribution < -0.4 is 10.9 Å². The lowest BCUT2D eigenvalue weighted by atomic mass is 10.0. The molecular weight excluding hydrogens is 252 g/mol. The Hall–Kier alpha value is -1.40. The summed E-state index contributed by atoms with van der Waals surface area (Å²) in [6, 6.07) is 6.29. The van der Waals surface area contributed by atoms with E-state index in [9.17, 15) is 13.2 Å². The van der Waals surface area contributed by atoms with E-state index in [0.29, 0.717) is 0 Å². The summed E-state index contributed by atoms with van der Waals surface area (Å²) in [5.74, 6) is -0.470. The van der Waals surface area contributed by atoms with E-state index >= 15 is 0 Å². The van der Waals surface area contributed by atoms with Crippen molar-refractivity contribution in [2.45, 2.75) is 24.7 Å². The second-order valence-electron chi connectivity index (χ2n) is 5.29. The van der Waals surface area contributed by atoms with Gasteiger partial charge in [0.05, 0.1) is 10.8 Å². The number of rotatable bonds is 3. The SMILES string of the molecule is CC1(C)C(C(N)=O)C1c1ccc(S(N)(=O)=O)cc1. The molecule has 1 aromatic carbocycles. The van der Waals surface area contributed by atoms with Gasteiger partial charge in [-0.25, -0.2) is 13.6 Å². The number of hydrogen-bond acceptors (Lipinski definition) is 3. The Kier molecular flexibility index (Phi) is 2.75. The summed E-state index contributed by atoms with van der Waals surface area (Å²) in [7, 11) is -3.68. The lowest BCUT2D eigenvalue weighted by Crippen LogP contribution is -2.16. The molecule has 98 valence electrons. The van der Waals surface area contributed by atoms with E-state index in [2.05, 4.69) is 0 Å². The molecule has 0 radical (unpaired) electrons. The maximum absolute atomic E-state index is 11.3. The highest BCUT2D eigenvalue weighted by molar-refractivity contribution is 7.89. The van der Waals surface area contributed by atoms with Gasteiger partial charge >= 0.3 is 0 Å². The average Bonchev–Trinajstić information content (AvgIpc) is 2.80. The fourth-order valence-electron chi connectivity index (χ4n) is 2.66. The molecule has 1 aliphatic carbocycles. The predicted octanol–water partition coefficient (Wildman–Crippen LogP) is 0.559. The molecule has 0 aliphatic heterocycles. The van der Waals surface area contributed by atoms with E-state index in [1.165, 1.54) is 12.1 Å². The summed E-state index contributed by atoms with van der Waals surface area (Å²) < 4.78 is 22.3. The van der Waals surface area contributed by atoms with E-state index in [-0.39, 0.29) is 28.1 Å². The molecule has 5 nitrogen and oxygen atoms in total. The highest BCUT2D eigenvalue weighted by Gasteiger charge is 2.61. The first-order valence-electron chi connectivity index (χ1n) is 5.58. The van der Waals surface area contributed by atoms with Crippen LogP contribution in [0.5, 0.6) is 0 Å². The van der Waals surface area contributed by atoms with Gasteiger partial charge < -0.3 is 5.73 Å². The maximum atomic E-state index is 11.3. The van der Waals surface area contributed by atoms with Crippen LogP contribution in [-0.2, 0) is 14.8 Å². The molecule has 18 heavy (non-hydrogen) atoms. The molecule has 2 unspecified atom stereocenters. The number of primary amides is 1. The van der Waals surface area contributed by atoms with E-state index in [4.69, 9.17) is 10.9 Å². The number of sulfonamides is 1. The van der Waals surface area contributed by atoms with Crippen molar-refractivity contribution in [2.24, 2.45) is 22.2 Å². The molecule has 1 fully saturated rings. The first kappa shape index (κ1) is 13.0. The van der Waals surface area contributed by atoms with Crippen LogP contribution in [0.1, 0.15) is 25.3 Å². The Bertz CT molecular complexity index is 590. The Morgan fingerprint density at radius 2 is 1.72 bits per heavy atom. The fraction of sp³-hybridized carbons (Fsp3) is 0.417. The van der Waals surface area contributed by atoms with E-state index in [0.717, 1.165) is 5.56 Å². The molecular formula is C12H16N2O3S. The number of nitrogens with two attached hydrogens (primary N) is 2. The van der Waals surface area contributed by atoms with Crippen LogP contribution in [-0.4, -0.2) is 14.3 Å². The predicted molar refractivity (Wildman–Crippen MR) is 67.0 cm³/mol. The summed E-state index contributed by atoms with van der Waals surface area (Å²) in [5.41, 5.74) is 6.09. The third-order valence-electron chi connectivity index (χ3n) is 3.70. The summed E-state index contributed by atoms with van der Waals surface area (Å²) in [6.45, 7) is 3.95. The molecule has 4 N–H and O–H groups in total. The van der Waals surface area contributed by atoms with E-state index in [1.807, 2.05) is 13.8 Å². The summed E-state index contributed by atoms with van der Waals surface area (Å²) >= 11 is 0. The molecule has 1 aromatic rings. The van der Waals surface area contributed by atoms with Crippen molar-refractivity contribution >= 4 is 15.9 Å². The lowest BCUT2D eigenvalue weighted by Gasteiger charge is -2.04. The topological polar surface area (TPSA) is 103 Å². The van der Waals surface area contributed by atoms with Gasteiger partial charge in [0, 0.05) is 5.92 Å². The minimum atomic E-state index is -3.68. The fourth-order valence-corrected chi connectivity index (χ4v) is 3.17. The second-order valence-corrected chi connectivity index (χ2v) is 6.85. The summed E-state index contributed by atoms with van der Waals surface area (Å²) in [6.07, 6.45) is 0. The van der Waals surface area contributed by atoms with Gasteiger partial charge in [0.15, 0.2) is 0 Å². The molecule has 0 saturated heterocycles. The van der Waals surface area contributed by atoms with Gasteiger partial charge in [0.2, 0.25) is 15.9 Å². The van der Waals surface area contributed by atoms with Crippen molar-refractivity contribution in [1.82, 2.24) is 0 Å². The number of hydrogen-bond donors (Lipinski definition) is 2. The van der Waals surface area contributed by atoms with Crippen LogP contribution in [0, 0.1) is 11.3 Å². The average molecular weight is 268 g/mol. The van der Waals surface area contributed by atoms with E-state index < -0.39 is 10.0 Å². The molecule has 2 atom stereocenters. The monoisotopic (exact) mass is 268 g/mol. The molecule has 1 amide bonds.